The number of anilines is 1. The zero-order valence-corrected chi connectivity index (χ0v) is 47.5. The van der Waals surface area contributed by atoms with E-state index in [0.717, 1.165) is 15.4 Å². The maximum absolute atomic E-state index is 13.8. The van der Waals surface area contributed by atoms with Crippen molar-refractivity contribution >= 4 is 88.5 Å². The van der Waals surface area contributed by atoms with Crippen molar-refractivity contribution in [3.8, 4) is 0 Å². The van der Waals surface area contributed by atoms with E-state index in [1.165, 1.54) is 22.0 Å². The van der Waals surface area contributed by atoms with Gasteiger partial charge in [0.15, 0.2) is 0 Å². The molecule has 3 aliphatic rings. The number of imide groups is 2. The summed E-state index contributed by atoms with van der Waals surface area (Å²) in [6.45, 7) is 4.65. The molecule has 2 unspecified atom stereocenters. The number of ether oxygens (including phenoxy) is 2. The summed E-state index contributed by atoms with van der Waals surface area (Å²) in [4.78, 5) is 158. The minimum atomic E-state index is -1.21. The van der Waals surface area contributed by atoms with Gasteiger partial charge in [-0.15, -0.1) is 0 Å². The normalized spacial score (nSPS) is 15.1. The van der Waals surface area contributed by atoms with Gasteiger partial charge in [-0.3, -0.25) is 57.7 Å². The Morgan fingerprint density at radius 3 is 2.17 bits per heavy atom. The highest BCUT2D eigenvalue weighted by atomic mass is 35.5. The van der Waals surface area contributed by atoms with Gasteiger partial charge in [-0.05, 0) is 86.9 Å². The number of rotatable bonds is 28. The van der Waals surface area contributed by atoms with E-state index in [2.05, 4.69) is 37.2 Å². The van der Waals surface area contributed by atoms with Crippen LogP contribution in [0.25, 0.3) is 0 Å². The molecule has 0 spiro atoms. The second kappa shape index (κ2) is 30.4. The number of fused-ring (bicyclic) bond motifs is 1. The first-order chi connectivity index (χ1) is 39.5. The van der Waals surface area contributed by atoms with Gasteiger partial charge in [0.1, 0.15) is 24.4 Å². The molecule has 3 aliphatic heterocycles. The summed E-state index contributed by atoms with van der Waals surface area (Å²) < 4.78 is 11.0. The molecule has 3 aromatic rings. The zero-order chi connectivity index (χ0) is 60.2. The third-order valence-corrected chi connectivity index (χ3v) is 13.6. The molecule has 2 atom stereocenters. The zero-order valence-electron chi connectivity index (χ0n) is 46.8. The minimum Gasteiger partial charge on any atom is -0.444 e. The van der Waals surface area contributed by atoms with Gasteiger partial charge in [0.2, 0.25) is 35.4 Å². The van der Waals surface area contributed by atoms with Crippen LogP contribution in [-0.4, -0.2) is 168 Å². The predicted molar refractivity (Wildman–Crippen MR) is 300 cm³/mol. The molecule has 6 rings (SSSR count). The number of carbonyl (C=O) groups excluding carboxylic acids is 12. The third kappa shape index (κ3) is 19.8. The highest BCUT2D eigenvalue weighted by Gasteiger charge is 2.43. The SMILES string of the molecule is CN(CCOCCc1ccc(NC(=O)NCc2ccc3c(c2)CN(C2CCC(=O)N(CNC(=O)CNC(=O)C(Cc4ccccc4)NC(=O)CNC(=O)CNC(=O)CCCCCN4C(=O)C=CC4=O)C2=O)C3=O)cc1Cl)C(=O)OC(C)(C)C. The maximum Gasteiger partial charge on any atom is 0.410 e. The predicted octanol–water partition coefficient (Wildman–Crippen LogP) is 2.20. The summed E-state index contributed by atoms with van der Waals surface area (Å²) in [5, 5.41) is 18.3. The van der Waals surface area contributed by atoms with Crippen molar-refractivity contribution < 1.29 is 67.0 Å². The number of unbranched alkanes of at least 4 members (excludes halogenated alkanes) is 2. The number of piperidine rings is 1. The largest absolute Gasteiger partial charge is 0.444 e. The number of nitrogens with one attached hydrogen (secondary N) is 7. The highest BCUT2D eigenvalue weighted by Crippen LogP contribution is 2.30. The lowest BCUT2D eigenvalue weighted by Crippen LogP contribution is -2.57. The molecule has 1 fully saturated rings. The van der Waals surface area contributed by atoms with Crippen LogP contribution in [0.1, 0.15) is 91.9 Å². The second-order valence-electron chi connectivity index (χ2n) is 20.8. The lowest BCUT2D eigenvalue weighted by atomic mass is 10.0. The van der Waals surface area contributed by atoms with Gasteiger partial charge in [0.25, 0.3) is 23.6 Å². The smallest absolute Gasteiger partial charge is 0.410 e. The minimum absolute atomic E-state index is 0.00507. The van der Waals surface area contributed by atoms with Crippen LogP contribution in [0.5, 0.6) is 0 Å². The number of halogens is 1. The summed E-state index contributed by atoms with van der Waals surface area (Å²) in [5.74, 6) is -5.81. The average molecular weight is 1170 g/mol. The van der Waals surface area contributed by atoms with Gasteiger partial charge in [-0.2, -0.15) is 0 Å². The highest BCUT2D eigenvalue weighted by molar-refractivity contribution is 6.31. The summed E-state index contributed by atoms with van der Waals surface area (Å²) in [6, 6.07) is 16.1. The van der Waals surface area contributed by atoms with E-state index in [9.17, 15) is 57.5 Å². The molecule has 1 saturated heterocycles. The fourth-order valence-corrected chi connectivity index (χ4v) is 9.13. The molecular formula is C57H70ClN11O14. The van der Waals surface area contributed by atoms with Gasteiger partial charge >= 0.3 is 12.1 Å². The van der Waals surface area contributed by atoms with Crippen molar-refractivity contribution in [1.29, 1.82) is 0 Å². The summed E-state index contributed by atoms with van der Waals surface area (Å²) in [7, 11) is 1.63. The van der Waals surface area contributed by atoms with E-state index in [1.54, 1.807) is 94.5 Å². The number of amides is 13. The molecule has 3 heterocycles. The van der Waals surface area contributed by atoms with Gasteiger partial charge in [-0.1, -0.05) is 66.6 Å². The Labute approximate surface area is 484 Å². The molecule has 0 aliphatic carbocycles. The molecule has 13 amide bonds. The molecule has 7 N–H and O–H groups in total. The van der Waals surface area contributed by atoms with Gasteiger partial charge in [-0.25, -0.2) is 9.59 Å². The quantitative estimate of drug-likeness (QED) is 0.0405. The van der Waals surface area contributed by atoms with Crippen molar-refractivity contribution in [2.45, 2.75) is 103 Å². The first kappa shape index (κ1) is 63.5. The Morgan fingerprint density at radius 1 is 0.747 bits per heavy atom. The molecule has 83 heavy (non-hydrogen) atoms. The van der Waals surface area contributed by atoms with Gasteiger partial charge in [0, 0.05) is 80.9 Å². The van der Waals surface area contributed by atoms with Crippen LogP contribution in [-0.2, 0) is 78.6 Å². The standard InChI is InChI=1S/C57H70ClN11O14/c1-57(2,3)83-56(81)66(4)24-26-82-25-22-38-15-16-40(29-42(38)58)64-55(80)62-30-37-14-17-41-39(27-37)34-68(53(41)78)44-18-19-51(76)69(54(44)79)35-63-47(72)32-61-52(77)43(28-36-11-7-5-8-12-36)65-48(73)33-60-46(71)31-59-45(70)13-9-6-10-23-67-49(74)20-21-50(67)75/h5,7-8,11-12,14-17,20-21,27,29,43-44H,6,9-10,13,18-19,22-26,28,30-35H2,1-4H3,(H,59,70)(H,60,71)(H,61,77)(H,63,72)(H,65,73)(H2,62,64,80). The van der Waals surface area contributed by atoms with Gasteiger partial charge in [0.05, 0.1) is 32.8 Å². The number of hydrogen-bond acceptors (Lipinski definition) is 14. The molecule has 26 heteroatoms. The molecule has 0 saturated carbocycles. The Kier molecular flexibility index (Phi) is 23.2. The first-order valence-corrected chi connectivity index (χ1v) is 27.5. The van der Waals surface area contributed by atoms with E-state index in [1.807, 2.05) is 0 Å². The molecule has 0 radical (unpaired) electrons. The summed E-state index contributed by atoms with van der Waals surface area (Å²) >= 11 is 6.51. The van der Waals surface area contributed by atoms with E-state index in [-0.39, 0.29) is 57.1 Å². The van der Waals surface area contributed by atoms with E-state index in [4.69, 9.17) is 21.1 Å². The fourth-order valence-electron chi connectivity index (χ4n) is 8.85. The van der Waals surface area contributed by atoms with Crippen molar-refractivity contribution in [3.05, 3.63) is 112 Å². The summed E-state index contributed by atoms with van der Waals surface area (Å²) in [5.41, 5.74) is 2.96. The van der Waals surface area contributed by atoms with E-state index < -0.39 is 103 Å². The Bertz CT molecular complexity index is 2950. The lowest BCUT2D eigenvalue weighted by molar-refractivity contribution is -0.153. The number of benzene rings is 3. The van der Waals surface area contributed by atoms with Crippen LogP contribution in [0.2, 0.25) is 5.02 Å². The number of likely N-dealkylation sites (tertiary alicyclic amines) is 1. The molecular weight excluding hydrogens is 1100 g/mol. The number of urea groups is 1. The maximum atomic E-state index is 13.8. The van der Waals surface area contributed by atoms with Crippen molar-refractivity contribution in [3.63, 3.8) is 0 Å². The second-order valence-corrected chi connectivity index (χ2v) is 21.2. The number of nitrogens with zero attached hydrogens (tertiary/aromatic N) is 4. The van der Waals surface area contributed by atoms with E-state index in [0.29, 0.717) is 78.4 Å². The number of hydrogen-bond donors (Lipinski definition) is 7. The van der Waals surface area contributed by atoms with Gasteiger partial charge < -0.3 is 56.5 Å². The average Bonchev–Trinajstić information content (AvgIpc) is 4.18. The van der Waals surface area contributed by atoms with Crippen LogP contribution >= 0.6 is 11.6 Å². The topological polar surface area (TPSA) is 320 Å². The van der Waals surface area contributed by atoms with Crippen LogP contribution in [0.15, 0.2) is 78.9 Å². The first-order valence-electron chi connectivity index (χ1n) is 27.1. The van der Waals surface area contributed by atoms with Crippen LogP contribution in [0.3, 0.4) is 0 Å². The monoisotopic (exact) mass is 1170 g/mol. The molecule has 3 aromatic carbocycles. The number of likely N-dealkylation sites (N-methyl/N-ethyl adjacent to an activating group) is 1. The Balaban J connectivity index is 0.897. The van der Waals surface area contributed by atoms with Crippen molar-refractivity contribution in [2.24, 2.45) is 0 Å². The van der Waals surface area contributed by atoms with Crippen LogP contribution in [0.4, 0.5) is 15.3 Å². The molecule has 0 bridgehead atoms. The third-order valence-electron chi connectivity index (χ3n) is 13.3. The molecule has 444 valence electrons. The van der Waals surface area contributed by atoms with E-state index >= 15 is 0 Å². The Morgan fingerprint density at radius 2 is 1.45 bits per heavy atom. The van der Waals surface area contributed by atoms with Crippen molar-refractivity contribution in [1.82, 2.24) is 51.5 Å². The number of carbonyl (C=O) groups is 12. The summed E-state index contributed by atoms with van der Waals surface area (Å²) in [6.07, 6.45) is 4.04. The Hall–Kier alpha value is -8.71. The van der Waals surface area contributed by atoms with Crippen LogP contribution < -0.4 is 37.2 Å². The van der Waals surface area contributed by atoms with Crippen molar-refractivity contribution in [2.75, 3.05) is 65.0 Å². The van der Waals surface area contributed by atoms with Crippen LogP contribution in [0, 0.1) is 0 Å². The fraction of sp³-hybridized carbons (Fsp3) is 0.439. The molecule has 25 nitrogen and oxygen atoms in total. The lowest BCUT2D eigenvalue weighted by Gasteiger charge is -2.35. The molecule has 0 aromatic heterocycles.